The topological polar surface area (TPSA) is 87.3 Å². The normalized spacial score (nSPS) is 19.8. The molecule has 1 heterocycles. The molecule has 1 amide bonds. The number of rotatable bonds is 4. The Kier molecular flexibility index (Phi) is 4.06. The minimum absolute atomic E-state index is 0.149. The highest BCUT2D eigenvalue weighted by atomic mass is 32.2. The summed E-state index contributed by atoms with van der Waals surface area (Å²) in [6.45, 7) is 0.601. The lowest BCUT2D eigenvalue weighted by Gasteiger charge is -2.23. The summed E-state index contributed by atoms with van der Waals surface area (Å²) in [6, 6.07) is 5.89. The fraction of sp³-hybridized carbons (Fsp3) is 0.417. The zero-order chi connectivity index (χ0) is 13.9. The Balaban J connectivity index is 2.24. The zero-order valence-corrected chi connectivity index (χ0v) is 11.5. The Labute approximate surface area is 112 Å². The SMILES string of the molecule is CNc1ccccc1S(=O)(=O)NC1CCCNC1=O. The van der Waals surface area contributed by atoms with Crippen molar-refractivity contribution in [3.63, 3.8) is 0 Å². The average Bonchev–Trinajstić information content (AvgIpc) is 2.41. The molecule has 3 N–H and O–H groups in total. The number of sulfonamides is 1. The van der Waals surface area contributed by atoms with Crippen LogP contribution < -0.4 is 15.4 Å². The van der Waals surface area contributed by atoms with Crippen LogP contribution in [0.1, 0.15) is 12.8 Å². The maximum Gasteiger partial charge on any atom is 0.243 e. The molecule has 1 aromatic carbocycles. The summed E-state index contributed by atoms with van der Waals surface area (Å²) < 4.78 is 27.0. The summed E-state index contributed by atoms with van der Waals surface area (Å²) in [7, 11) is -2.05. The van der Waals surface area contributed by atoms with Crippen LogP contribution in [0.3, 0.4) is 0 Å². The van der Waals surface area contributed by atoms with Crippen LogP contribution in [0.15, 0.2) is 29.2 Å². The van der Waals surface area contributed by atoms with Crippen LogP contribution in [0.4, 0.5) is 5.69 Å². The lowest BCUT2D eigenvalue weighted by Crippen LogP contribution is -2.50. The Bertz CT molecular complexity index is 571. The van der Waals surface area contributed by atoms with E-state index in [1.54, 1.807) is 25.2 Å². The number of para-hydroxylation sites is 1. The van der Waals surface area contributed by atoms with Crippen LogP contribution in [-0.4, -0.2) is 34.0 Å². The molecule has 2 rings (SSSR count). The van der Waals surface area contributed by atoms with E-state index in [0.29, 0.717) is 18.7 Å². The van der Waals surface area contributed by atoms with Gasteiger partial charge in [0.15, 0.2) is 0 Å². The van der Waals surface area contributed by atoms with Gasteiger partial charge in [0, 0.05) is 13.6 Å². The van der Waals surface area contributed by atoms with Gasteiger partial charge in [-0.1, -0.05) is 12.1 Å². The highest BCUT2D eigenvalue weighted by Gasteiger charge is 2.28. The van der Waals surface area contributed by atoms with Gasteiger partial charge in [0.1, 0.15) is 10.9 Å². The van der Waals surface area contributed by atoms with E-state index < -0.39 is 16.1 Å². The second-order valence-electron chi connectivity index (χ2n) is 4.35. The quantitative estimate of drug-likeness (QED) is 0.741. The monoisotopic (exact) mass is 283 g/mol. The second-order valence-corrected chi connectivity index (χ2v) is 6.04. The van der Waals surface area contributed by atoms with Gasteiger partial charge in [-0.15, -0.1) is 0 Å². The van der Waals surface area contributed by atoms with E-state index in [2.05, 4.69) is 15.4 Å². The first-order valence-corrected chi connectivity index (χ1v) is 7.60. The van der Waals surface area contributed by atoms with Crippen molar-refractivity contribution in [1.82, 2.24) is 10.0 Å². The molecule has 6 nitrogen and oxygen atoms in total. The summed E-state index contributed by atoms with van der Waals surface area (Å²) in [5, 5.41) is 5.48. The summed E-state index contributed by atoms with van der Waals surface area (Å²) in [5.41, 5.74) is 0.506. The number of amides is 1. The fourth-order valence-corrected chi connectivity index (χ4v) is 3.49. The van der Waals surface area contributed by atoms with Crippen LogP contribution in [0.5, 0.6) is 0 Å². The molecule has 1 aromatic rings. The van der Waals surface area contributed by atoms with Crippen molar-refractivity contribution in [3.8, 4) is 0 Å². The van der Waals surface area contributed by atoms with Gasteiger partial charge in [0.05, 0.1) is 5.69 Å². The van der Waals surface area contributed by atoms with Crippen molar-refractivity contribution >= 4 is 21.6 Å². The molecular weight excluding hydrogens is 266 g/mol. The number of hydrogen-bond donors (Lipinski definition) is 3. The number of nitrogens with one attached hydrogen (secondary N) is 3. The molecule has 0 aliphatic carbocycles. The third-order valence-electron chi connectivity index (χ3n) is 3.03. The minimum Gasteiger partial charge on any atom is -0.387 e. The molecule has 0 bridgehead atoms. The highest BCUT2D eigenvalue weighted by molar-refractivity contribution is 7.89. The lowest BCUT2D eigenvalue weighted by molar-refractivity contribution is -0.124. The van der Waals surface area contributed by atoms with Crippen molar-refractivity contribution in [2.24, 2.45) is 0 Å². The lowest BCUT2D eigenvalue weighted by atomic mass is 10.1. The molecule has 0 saturated carbocycles. The Morgan fingerprint density at radius 1 is 1.32 bits per heavy atom. The van der Waals surface area contributed by atoms with Gasteiger partial charge in [-0.05, 0) is 25.0 Å². The van der Waals surface area contributed by atoms with Gasteiger partial charge in [0.2, 0.25) is 15.9 Å². The first kappa shape index (κ1) is 13.8. The van der Waals surface area contributed by atoms with Crippen molar-refractivity contribution in [2.75, 3.05) is 18.9 Å². The molecule has 1 saturated heterocycles. The highest BCUT2D eigenvalue weighted by Crippen LogP contribution is 2.20. The van der Waals surface area contributed by atoms with Crippen molar-refractivity contribution < 1.29 is 13.2 Å². The van der Waals surface area contributed by atoms with Gasteiger partial charge >= 0.3 is 0 Å². The number of carbonyl (C=O) groups excluding carboxylic acids is 1. The van der Waals surface area contributed by atoms with Crippen LogP contribution in [0.25, 0.3) is 0 Å². The number of piperidine rings is 1. The molecule has 1 unspecified atom stereocenters. The molecule has 0 radical (unpaired) electrons. The van der Waals surface area contributed by atoms with E-state index in [0.717, 1.165) is 6.42 Å². The number of hydrogen-bond acceptors (Lipinski definition) is 4. The van der Waals surface area contributed by atoms with Gasteiger partial charge in [0.25, 0.3) is 0 Å². The van der Waals surface area contributed by atoms with Gasteiger partial charge in [-0.2, -0.15) is 4.72 Å². The van der Waals surface area contributed by atoms with Crippen LogP contribution in [-0.2, 0) is 14.8 Å². The van der Waals surface area contributed by atoms with E-state index in [9.17, 15) is 13.2 Å². The molecule has 1 fully saturated rings. The predicted octanol–water partition coefficient (Wildman–Crippen LogP) is 0.285. The molecule has 1 aliphatic rings. The Morgan fingerprint density at radius 3 is 2.74 bits per heavy atom. The molecule has 0 aromatic heterocycles. The number of anilines is 1. The second kappa shape index (κ2) is 5.58. The van der Waals surface area contributed by atoms with Crippen LogP contribution in [0.2, 0.25) is 0 Å². The van der Waals surface area contributed by atoms with Crippen molar-refractivity contribution in [2.45, 2.75) is 23.8 Å². The molecule has 19 heavy (non-hydrogen) atoms. The van der Waals surface area contributed by atoms with Crippen LogP contribution >= 0.6 is 0 Å². The predicted molar refractivity (Wildman–Crippen MR) is 72.3 cm³/mol. The Morgan fingerprint density at radius 2 is 2.05 bits per heavy atom. The van der Waals surface area contributed by atoms with E-state index in [1.807, 2.05) is 0 Å². The van der Waals surface area contributed by atoms with Crippen molar-refractivity contribution in [3.05, 3.63) is 24.3 Å². The van der Waals surface area contributed by atoms with Gasteiger partial charge in [-0.25, -0.2) is 8.42 Å². The smallest absolute Gasteiger partial charge is 0.243 e. The average molecular weight is 283 g/mol. The van der Waals surface area contributed by atoms with E-state index >= 15 is 0 Å². The van der Waals surface area contributed by atoms with Crippen molar-refractivity contribution in [1.29, 1.82) is 0 Å². The van der Waals surface area contributed by atoms with E-state index in [4.69, 9.17) is 0 Å². The van der Waals surface area contributed by atoms with Crippen LogP contribution in [0, 0.1) is 0 Å². The number of carbonyl (C=O) groups is 1. The summed E-state index contributed by atoms with van der Waals surface area (Å²) >= 11 is 0. The zero-order valence-electron chi connectivity index (χ0n) is 10.6. The summed E-state index contributed by atoms with van der Waals surface area (Å²) in [4.78, 5) is 11.8. The number of benzene rings is 1. The third-order valence-corrected chi connectivity index (χ3v) is 4.56. The maximum atomic E-state index is 12.3. The molecule has 7 heteroatoms. The summed E-state index contributed by atoms with van der Waals surface area (Å²) in [6.07, 6.45) is 1.29. The molecule has 1 atom stereocenters. The van der Waals surface area contributed by atoms with E-state index in [-0.39, 0.29) is 10.8 Å². The molecule has 1 aliphatic heterocycles. The molecular formula is C12H17N3O3S. The summed E-state index contributed by atoms with van der Waals surface area (Å²) in [5.74, 6) is -0.267. The van der Waals surface area contributed by atoms with Gasteiger partial charge in [-0.3, -0.25) is 4.79 Å². The molecule has 0 spiro atoms. The molecule has 104 valence electrons. The maximum absolute atomic E-state index is 12.3. The Hall–Kier alpha value is -1.60. The minimum atomic E-state index is -3.71. The fourth-order valence-electron chi connectivity index (χ4n) is 2.04. The first-order valence-electron chi connectivity index (χ1n) is 6.11. The largest absolute Gasteiger partial charge is 0.387 e. The van der Waals surface area contributed by atoms with Gasteiger partial charge < -0.3 is 10.6 Å². The standard InChI is InChI=1S/C12H17N3O3S/c1-13-9-5-2-3-7-11(9)19(17,18)15-10-6-4-8-14-12(10)16/h2-3,5,7,10,13,15H,4,6,8H2,1H3,(H,14,16). The van der Waals surface area contributed by atoms with E-state index in [1.165, 1.54) is 6.07 Å². The third kappa shape index (κ3) is 3.05. The first-order chi connectivity index (χ1) is 9.04.